The molecule has 7 heteroatoms. The molecule has 2 atom stereocenters. The van der Waals surface area contributed by atoms with Gasteiger partial charge < -0.3 is 14.6 Å². The molecule has 0 aromatic carbocycles. The lowest BCUT2D eigenvalue weighted by molar-refractivity contribution is 0.0873. The Kier molecular flexibility index (Phi) is 4.75. The van der Waals surface area contributed by atoms with Crippen LogP contribution in [0.25, 0.3) is 11.5 Å². The number of piperidine rings is 1. The molecular weight excluding hydrogens is 364 g/mol. The number of anilines is 1. The van der Waals surface area contributed by atoms with Crippen LogP contribution in [-0.2, 0) is 19.9 Å². The van der Waals surface area contributed by atoms with Crippen molar-refractivity contribution in [3.63, 3.8) is 0 Å². The van der Waals surface area contributed by atoms with Crippen LogP contribution in [0.1, 0.15) is 42.4 Å². The van der Waals surface area contributed by atoms with E-state index in [0.717, 1.165) is 68.2 Å². The maximum Gasteiger partial charge on any atom is 0.180 e. The van der Waals surface area contributed by atoms with E-state index in [2.05, 4.69) is 14.9 Å². The van der Waals surface area contributed by atoms with E-state index in [1.54, 1.807) is 12.4 Å². The lowest BCUT2D eigenvalue weighted by Crippen LogP contribution is -2.39. The van der Waals surface area contributed by atoms with Crippen LogP contribution in [0, 0.1) is 5.92 Å². The van der Waals surface area contributed by atoms with E-state index < -0.39 is 6.10 Å². The molecule has 0 radical (unpaired) electrons. The zero-order valence-corrected chi connectivity index (χ0v) is 16.7. The van der Waals surface area contributed by atoms with Crippen molar-refractivity contribution in [2.24, 2.45) is 13.0 Å². The fraction of sp³-hybridized carbons (Fsp3) is 0.455. The first kappa shape index (κ1) is 18.2. The topological polar surface area (TPSA) is 80.0 Å². The number of aryl methyl sites for hydroxylation is 2. The molecule has 2 aliphatic rings. The quantitative estimate of drug-likeness (QED) is 0.738. The molecule has 150 valence electrons. The summed E-state index contributed by atoms with van der Waals surface area (Å²) in [6.07, 6.45) is 10.0. The summed E-state index contributed by atoms with van der Waals surface area (Å²) in [4.78, 5) is 20.9. The highest BCUT2D eigenvalue weighted by atomic mass is 16.3. The fourth-order valence-electron chi connectivity index (χ4n) is 4.62. The molecule has 1 aliphatic carbocycles. The predicted molar refractivity (Wildman–Crippen MR) is 110 cm³/mol. The molecule has 1 saturated heterocycles. The zero-order valence-electron chi connectivity index (χ0n) is 16.7. The van der Waals surface area contributed by atoms with Crippen LogP contribution >= 0.6 is 0 Å². The van der Waals surface area contributed by atoms with Gasteiger partial charge in [-0.25, -0.2) is 15.0 Å². The third-order valence-electron chi connectivity index (χ3n) is 6.13. The van der Waals surface area contributed by atoms with Gasteiger partial charge in [-0.05, 0) is 44.2 Å². The molecule has 3 aromatic rings. The monoisotopic (exact) mass is 390 g/mol. The van der Waals surface area contributed by atoms with E-state index >= 15 is 0 Å². The van der Waals surface area contributed by atoms with Gasteiger partial charge in [-0.2, -0.15) is 0 Å². The highest BCUT2D eigenvalue weighted by Crippen LogP contribution is 2.35. The van der Waals surface area contributed by atoms with Crippen LogP contribution < -0.4 is 4.90 Å². The molecule has 1 N–H and O–H groups in total. The first-order valence-corrected chi connectivity index (χ1v) is 10.4. The Balaban J connectivity index is 1.47. The predicted octanol–water partition coefficient (Wildman–Crippen LogP) is 2.71. The molecule has 29 heavy (non-hydrogen) atoms. The smallest absolute Gasteiger partial charge is 0.180 e. The van der Waals surface area contributed by atoms with Gasteiger partial charge in [-0.3, -0.25) is 4.98 Å². The summed E-state index contributed by atoms with van der Waals surface area (Å²) in [5.74, 6) is 2.60. The summed E-state index contributed by atoms with van der Waals surface area (Å²) in [7, 11) is 1.93. The molecule has 5 rings (SSSR count). The second kappa shape index (κ2) is 7.55. The second-order valence-corrected chi connectivity index (χ2v) is 8.05. The summed E-state index contributed by atoms with van der Waals surface area (Å²) in [5, 5.41) is 11.0. The molecule has 2 unspecified atom stereocenters. The van der Waals surface area contributed by atoms with Crippen LogP contribution in [0.5, 0.6) is 0 Å². The Hall–Kier alpha value is -2.80. The highest BCUT2D eigenvalue weighted by Gasteiger charge is 2.32. The van der Waals surface area contributed by atoms with Crippen molar-refractivity contribution in [1.29, 1.82) is 0 Å². The number of fused-ring (bicyclic) bond motifs is 1. The lowest BCUT2D eigenvalue weighted by atomic mass is 9.91. The van der Waals surface area contributed by atoms with E-state index in [1.165, 1.54) is 5.56 Å². The van der Waals surface area contributed by atoms with E-state index in [0.29, 0.717) is 5.82 Å². The minimum absolute atomic E-state index is 0.134. The average molecular weight is 390 g/mol. The Morgan fingerprint density at radius 2 is 2.03 bits per heavy atom. The van der Waals surface area contributed by atoms with Crippen molar-refractivity contribution in [2.75, 3.05) is 18.0 Å². The maximum atomic E-state index is 11.0. The van der Waals surface area contributed by atoms with E-state index in [9.17, 15) is 5.11 Å². The molecule has 1 fully saturated rings. The molecule has 3 aromatic heterocycles. The summed E-state index contributed by atoms with van der Waals surface area (Å²) in [6, 6.07) is 5.84. The summed E-state index contributed by atoms with van der Waals surface area (Å²) < 4.78 is 1.91. The van der Waals surface area contributed by atoms with Crippen LogP contribution in [0.3, 0.4) is 0 Å². The third-order valence-corrected chi connectivity index (χ3v) is 6.13. The normalized spacial score (nSPS) is 19.9. The number of aliphatic hydroxyl groups excluding tert-OH is 1. The van der Waals surface area contributed by atoms with Crippen molar-refractivity contribution in [2.45, 2.75) is 38.2 Å². The number of pyridine rings is 1. The van der Waals surface area contributed by atoms with Gasteiger partial charge in [0.2, 0.25) is 0 Å². The summed E-state index contributed by atoms with van der Waals surface area (Å²) in [6.45, 7) is 1.73. The van der Waals surface area contributed by atoms with Gasteiger partial charge >= 0.3 is 0 Å². The minimum atomic E-state index is -0.567. The van der Waals surface area contributed by atoms with Gasteiger partial charge in [-0.15, -0.1) is 0 Å². The van der Waals surface area contributed by atoms with Crippen LogP contribution in [0.4, 0.5) is 5.82 Å². The van der Waals surface area contributed by atoms with Crippen molar-refractivity contribution in [3.8, 4) is 11.5 Å². The number of aromatic nitrogens is 5. The molecule has 1 aliphatic heterocycles. The Morgan fingerprint density at radius 1 is 1.10 bits per heavy atom. The van der Waals surface area contributed by atoms with Crippen molar-refractivity contribution in [1.82, 2.24) is 24.5 Å². The Labute approximate surface area is 170 Å². The molecule has 0 bridgehead atoms. The van der Waals surface area contributed by atoms with Gasteiger partial charge in [0, 0.05) is 55.9 Å². The number of hydrogen-bond acceptors (Lipinski definition) is 6. The van der Waals surface area contributed by atoms with Gasteiger partial charge in [0.1, 0.15) is 23.4 Å². The van der Waals surface area contributed by atoms with Gasteiger partial charge in [-0.1, -0.05) is 6.07 Å². The zero-order chi connectivity index (χ0) is 19.8. The first-order valence-electron chi connectivity index (χ1n) is 10.4. The summed E-state index contributed by atoms with van der Waals surface area (Å²) >= 11 is 0. The molecule has 0 amide bonds. The van der Waals surface area contributed by atoms with Gasteiger partial charge in [0.15, 0.2) is 5.82 Å². The van der Waals surface area contributed by atoms with Crippen molar-refractivity contribution < 1.29 is 5.11 Å². The number of rotatable bonds is 4. The molecule has 7 nitrogen and oxygen atoms in total. The minimum Gasteiger partial charge on any atom is -0.385 e. The van der Waals surface area contributed by atoms with Crippen LogP contribution in [0.15, 0.2) is 36.8 Å². The highest BCUT2D eigenvalue weighted by molar-refractivity contribution is 5.59. The van der Waals surface area contributed by atoms with Gasteiger partial charge in [0.05, 0.1) is 0 Å². The molecular formula is C22H26N6O. The maximum absolute atomic E-state index is 11.0. The van der Waals surface area contributed by atoms with Gasteiger partial charge in [0.25, 0.3) is 0 Å². The Morgan fingerprint density at radius 3 is 2.83 bits per heavy atom. The largest absolute Gasteiger partial charge is 0.385 e. The summed E-state index contributed by atoms with van der Waals surface area (Å²) in [5.41, 5.74) is 3.24. The number of hydrogen-bond donors (Lipinski definition) is 1. The van der Waals surface area contributed by atoms with E-state index in [1.807, 2.05) is 36.0 Å². The molecule has 4 heterocycles. The van der Waals surface area contributed by atoms with Crippen LogP contribution in [-0.4, -0.2) is 42.7 Å². The van der Waals surface area contributed by atoms with Crippen LogP contribution in [0.2, 0.25) is 0 Å². The second-order valence-electron chi connectivity index (χ2n) is 8.05. The van der Waals surface area contributed by atoms with Crippen molar-refractivity contribution in [3.05, 3.63) is 53.9 Å². The number of nitrogens with zero attached hydrogens (tertiary/aromatic N) is 6. The number of aliphatic hydroxyl groups is 1. The number of imidazole rings is 1. The van der Waals surface area contributed by atoms with Crippen molar-refractivity contribution >= 4 is 5.82 Å². The first-order chi connectivity index (χ1) is 14.2. The van der Waals surface area contributed by atoms with E-state index in [4.69, 9.17) is 9.97 Å². The third kappa shape index (κ3) is 3.40. The lowest BCUT2D eigenvalue weighted by Gasteiger charge is -2.36. The standard InChI is InChI=1S/C22H26N6O/c1-27-13-11-24-22(27)19(29)15-6-5-12-28(14-15)21-16-7-4-9-17(16)25-20(26-21)18-8-2-3-10-23-18/h2-3,8,10-11,13,15,19,29H,4-7,9,12,14H2,1H3. The average Bonchev–Trinajstić information content (AvgIpc) is 3.42. The molecule has 0 spiro atoms. The van der Waals surface area contributed by atoms with E-state index in [-0.39, 0.29) is 5.92 Å². The Bertz CT molecular complexity index is 1000. The fourth-order valence-corrected chi connectivity index (χ4v) is 4.62. The molecule has 0 saturated carbocycles. The SMILES string of the molecule is Cn1ccnc1C(O)C1CCCN(c2nc(-c3ccccn3)nc3c2CCC3)C1.